The van der Waals surface area contributed by atoms with Gasteiger partial charge in [0.1, 0.15) is 5.65 Å². The molecule has 1 fully saturated rings. The number of aromatic nitrogens is 4. The van der Waals surface area contributed by atoms with Gasteiger partial charge in [-0.05, 0) is 31.9 Å². The Balaban J connectivity index is 1.87. The third kappa shape index (κ3) is 2.72. The topological polar surface area (TPSA) is 83.9 Å². The Morgan fingerprint density at radius 3 is 2.91 bits per heavy atom. The van der Waals surface area contributed by atoms with Crippen LogP contribution in [-0.2, 0) is 9.73 Å². The van der Waals surface area contributed by atoms with E-state index in [1.54, 1.807) is 18.5 Å². The standard InChI is InChI=1S/C16H17N5OS/c1-10-9-14(21-23(2,22)11-3-4-11)20-16(19-10)13-6-8-18-15-12(13)5-7-17-15/h5-9,11H,3-4H2,1-2H3,(H,17,18). The lowest BCUT2D eigenvalue weighted by molar-refractivity contribution is 0.680. The van der Waals surface area contributed by atoms with E-state index in [0.717, 1.165) is 35.1 Å². The lowest BCUT2D eigenvalue weighted by atomic mass is 10.1. The molecule has 4 rings (SSSR count). The summed E-state index contributed by atoms with van der Waals surface area (Å²) in [5, 5.41) is 1.17. The van der Waals surface area contributed by atoms with Crippen LogP contribution in [0.25, 0.3) is 22.4 Å². The number of aryl methyl sites for hydroxylation is 1. The van der Waals surface area contributed by atoms with E-state index >= 15 is 0 Å². The highest BCUT2D eigenvalue weighted by molar-refractivity contribution is 7.93. The van der Waals surface area contributed by atoms with Gasteiger partial charge in [-0.1, -0.05) is 0 Å². The fourth-order valence-electron chi connectivity index (χ4n) is 2.64. The van der Waals surface area contributed by atoms with Gasteiger partial charge >= 0.3 is 0 Å². The summed E-state index contributed by atoms with van der Waals surface area (Å²) in [6.45, 7) is 1.90. The fourth-order valence-corrected chi connectivity index (χ4v) is 4.27. The molecule has 0 amide bonds. The summed E-state index contributed by atoms with van der Waals surface area (Å²) in [6, 6.07) is 5.62. The predicted molar refractivity (Wildman–Crippen MR) is 91.0 cm³/mol. The quantitative estimate of drug-likeness (QED) is 0.800. The zero-order chi connectivity index (χ0) is 16.0. The molecule has 118 valence electrons. The van der Waals surface area contributed by atoms with Gasteiger partial charge in [0.25, 0.3) is 0 Å². The van der Waals surface area contributed by atoms with E-state index in [2.05, 4.69) is 24.3 Å². The van der Waals surface area contributed by atoms with Crippen molar-refractivity contribution in [2.45, 2.75) is 25.0 Å². The summed E-state index contributed by atoms with van der Waals surface area (Å²) in [5.74, 6) is 1.08. The monoisotopic (exact) mass is 327 g/mol. The van der Waals surface area contributed by atoms with E-state index in [0.29, 0.717) is 11.6 Å². The van der Waals surface area contributed by atoms with E-state index in [9.17, 15) is 4.21 Å². The Hall–Kier alpha value is -2.28. The SMILES string of the molecule is Cc1cc(N=S(C)(=O)C2CC2)nc(-c2ccnc3[nH]ccc23)n1. The van der Waals surface area contributed by atoms with Crippen LogP contribution in [0.2, 0.25) is 0 Å². The van der Waals surface area contributed by atoms with E-state index in [4.69, 9.17) is 0 Å². The van der Waals surface area contributed by atoms with Gasteiger partial charge in [0, 0.05) is 46.6 Å². The molecular formula is C16H17N5OS. The Morgan fingerprint density at radius 1 is 1.30 bits per heavy atom. The minimum Gasteiger partial charge on any atom is -0.346 e. The second kappa shape index (κ2) is 5.13. The van der Waals surface area contributed by atoms with Gasteiger partial charge in [-0.15, -0.1) is 0 Å². The molecule has 0 saturated heterocycles. The average Bonchev–Trinajstić information content (AvgIpc) is 3.25. The van der Waals surface area contributed by atoms with Crippen molar-refractivity contribution in [1.29, 1.82) is 0 Å². The minimum absolute atomic E-state index is 0.207. The van der Waals surface area contributed by atoms with Crippen LogP contribution >= 0.6 is 0 Å². The van der Waals surface area contributed by atoms with Crippen molar-refractivity contribution in [3.05, 3.63) is 36.3 Å². The van der Waals surface area contributed by atoms with Crippen LogP contribution in [0.3, 0.4) is 0 Å². The summed E-state index contributed by atoms with van der Waals surface area (Å²) in [6.07, 6.45) is 7.27. The summed E-state index contributed by atoms with van der Waals surface area (Å²) >= 11 is 0. The highest BCUT2D eigenvalue weighted by Gasteiger charge is 2.30. The lowest BCUT2D eigenvalue weighted by Gasteiger charge is -2.06. The highest BCUT2D eigenvalue weighted by atomic mass is 32.2. The van der Waals surface area contributed by atoms with Crippen LogP contribution in [0.5, 0.6) is 0 Å². The maximum Gasteiger partial charge on any atom is 0.165 e. The first-order valence-corrected chi connectivity index (χ1v) is 9.51. The average molecular weight is 327 g/mol. The molecule has 3 aromatic heterocycles. The predicted octanol–water partition coefficient (Wildman–Crippen LogP) is 3.22. The van der Waals surface area contributed by atoms with Gasteiger partial charge in [-0.3, -0.25) is 0 Å². The van der Waals surface area contributed by atoms with Crippen molar-refractivity contribution in [1.82, 2.24) is 19.9 Å². The second-order valence-corrected chi connectivity index (χ2v) is 8.51. The van der Waals surface area contributed by atoms with Crippen molar-refractivity contribution >= 4 is 26.6 Å². The molecule has 1 atom stereocenters. The number of aromatic amines is 1. The van der Waals surface area contributed by atoms with Crippen molar-refractivity contribution in [3.63, 3.8) is 0 Å². The van der Waals surface area contributed by atoms with Crippen molar-refractivity contribution < 1.29 is 4.21 Å². The van der Waals surface area contributed by atoms with Gasteiger partial charge in [0.15, 0.2) is 11.6 Å². The minimum atomic E-state index is -2.22. The normalized spacial score (nSPS) is 17.1. The number of nitrogens with zero attached hydrogens (tertiary/aromatic N) is 4. The Kier molecular flexibility index (Phi) is 3.19. The Labute approximate surface area is 134 Å². The molecule has 3 aromatic rings. The summed E-state index contributed by atoms with van der Waals surface area (Å²) < 4.78 is 17.0. The molecule has 6 nitrogen and oxygen atoms in total. The van der Waals surface area contributed by atoms with Crippen LogP contribution in [-0.4, -0.2) is 35.7 Å². The zero-order valence-electron chi connectivity index (χ0n) is 13.0. The van der Waals surface area contributed by atoms with Crippen LogP contribution in [0, 0.1) is 6.92 Å². The van der Waals surface area contributed by atoms with E-state index in [-0.39, 0.29) is 5.25 Å². The van der Waals surface area contributed by atoms with Gasteiger partial charge < -0.3 is 4.98 Å². The maximum atomic E-state index is 12.6. The molecule has 1 aliphatic carbocycles. The molecular weight excluding hydrogens is 310 g/mol. The fraction of sp³-hybridized carbons (Fsp3) is 0.312. The van der Waals surface area contributed by atoms with E-state index in [1.807, 2.05) is 25.3 Å². The number of rotatable bonds is 3. The van der Waals surface area contributed by atoms with Crippen LogP contribution in [0.15, 0.2) is 35.0 Å². The summed E-state index contributed by atoms with van der Waals surface area (Å²) in [5.41, 5.74) is 2.49. The molecule has 1 saturated carbocycles. The maximum absolute atomic E-state index is 12.6. The largest absolute Gasteiger partial charge is 0.346 e. The van der Waals surface area contributed by atoms with Crippen molar-refractivity contribution in [3.8, 4) is 11.4 Å². The molecule has 1 N–H and O–H groups in total. The highest BCUT2D eigenvalue weighted by Crippen LogP contribution is 2.32. The second-order valence-electron chi connectivity index (χ2n) is 5.94. The molecule has 23 heavy (non-hydrogen) atoms. The first kappa shape index (κ1) is 14.3. The molecule has 0 aliphatic heterocycles. The molecule has 1 unspecified atom stereocenters. The molecule has 7 heteroatoms. The van der Waals surface area contributed by atoms with Gasteiger partial charge in [-0.2, -0.15) is 4.36 Å². The molecule has 0 aromatic carbocycles. The Bertz CT molecular complexity index is 1010. The molecule has 0 radical (unpaired) electrons. The Morgan fingerprint density at radius 2 is 2.13 bits per heavy atom. The number of H-pyrrole nitrogens is 1. The van der Waals surface area contributed by atoms with Gasteiger partial charge in [0.2, 0.25) is 0 Å². The van der Waals surface area contributed by atoms with Gasteiger partial charge in [0.05, 0.1) is 9.73 Å². The number of pyridine rings is 1. The van der Waals surface area contributed by atoms with Crippen LogP contribution in [0.1, 0.15) is 18.5 Å². The van der Waals surface area contributed by atoms with Crippen molar-refractivity contribution in [2.75, 3.05) is 6.26 Å². The van der Waals surface area contributed by atoms with E-state index in [1.165, 1.54) is 0 Å². The third-order valence-corrected chi connectivity index (χ3v) is 6.22. The molecule has 0 bridgehead atoms. The van der Waals surface area contributed by atoms with E-state index < -0.39 is 9.73 Å². The van der Waals surface area contributed by atoms with Crippen molar-refractivity contribution in [2.24, 2.45) is 4.36 Å². The number of hydrogen-bond donors (Lipinski definition) is 1. The first-order chi connectivity index (χ1) is 11.0. The van der Waals surface area contributed by atoms with Gasteiger partial charge in [-0.25, -0.2) is 19.2 Å². The number of hydrogen-bond acceptors (Lipinski definition) is 5. The lowest BCUT2D eigenvalue weighted by Crippen LogP contribution is -2.03. The zero-order valence-corrected chi connectivity index (χ0v) is 13.8. The molecule has 3 heterocycles. The number of fused-ring (bicyclic) bond motifs is 1. The number of nitrogens with one attached hydrogen (secondary N) is 1. The summed E-state index contributed by atoms with van der Waals surface area (Å²) in [4.78, 5) is 16.4. The third-order valence-electron chi connectivity index (χ3n) is 3.96. The van der Waals surface area contributed by atoms with Crippen LogP contribution < -0.4 is 0 Å². The smallest absolute Gasteiger partial charge is 0.165 e. The van der Waals surface area contributed by atoms with Crippen LogP contribution in [0.4, 0.5) is 5.82 Å². The molecule has 0 spiro atoms. The first-order valence-electron chi connectivity index (χ1n) is 7.52. The summed E-state index contributed by atoms with van der Waals surface area (Å²) in [7, 11) is -2.22. The molecule has 1 aliphatic rings.